The molecule has 4 aromatic rings. The number of rotatable bonds is 4. The predicted molar refractivity (Wildman–Crippen MR) is 99.0 cm³/mol. The van der Waals surface area contributed by atoms with Gasteiger partial charge < -0.3 is 19.2 Å². The average molecular weight is 382 g/mol. The molecule has 0 atom stereocenters. The van der Waals surface area contributed by atoms with Gasteiger partial charge in [0.1, 0.15) is 5.75 Å². The maximum absolute atomic E-state index is 12.9. The molecule has 0 amide bonds. The van der Waals surface area contributed by atoms with Crippen LogP contribution in [0.5, 0.6) is 5.75 Å². The van der Waals surface area contributed by atoms with Crippen molar-refractivity contribution in [1.29, 1.82) is 0 Å². The maximum atomic E-state index is 12.9. The first-order chi connectivity index (χ1) is 13.0. The van der Waals surface area contributed by atoms with Crippen LogP contribution in [0.15, 0.2) is 65.2 Å². The normalized spacial score (nSPS) is 11.0. The minimum absolute atomic E-state index is 0.0510. The van der Waals surface area contributed by atoms with E-state index in [0.29, 0.717) is 27.2 Å². The Kier molecular flexibility index (Phi) is 3.97. The van der Waals surface area contributed by atoms with E-state index in [2.05, 4.69) is 0 Å². The van der Waals surface area contributed by atoms with Crippen molar-refractivity contribution in [2.75, 3.05) is 0 Å². The summed E-state index contributed by atoms with van der Waals surface area (Å²) in [5.41, 5.74) is 1.43. The van der Waals surface area contributed by atoms with Crippen molar-refractivity contribution in [1.82, 2.24) is 4.57 Å². The van der Waals surface area contributed by atoms with Crippen molar-refractivity contribution in [2.45, 2.75) is 0 Å². The van der Waals surface area contributed by atoms with Gasteiger partial charge in [-0.05, 0) is 42.5 Å². The second kappa shape index (κ2) is 6.34. The minimum Gasteiger partial charge on any atom is -0.506 e. The molecule has 0 aliphatic heterocycles. The van der Waals surface area contributed by atoms with Crippen LogP contribution < -0.4 is 0 Å². The van der Waals surface area contributed by atoms with Crippen molar-refractivity contribution in [3.8, 4) is 11.4 Å². The van der Waals surface area contributed by atoms with Crippen molar-refractivity contribution < 1.29 is 24.2 Å². The van der Waals surface area contributed by atoms with E-state index in [0.717, 1.165) is 0 Å². The highest BCUT2D eigenvalue weighted by Crippen LogP contribution is 2.33. The number of carbonyl (C=O) groups excluding carboxylic acids is 1. The molecule has 0 aliphatic carbocycles. The number of hydrogen-bond donors (Lipinski definition) is 2. The number of hydrogen-bond acceptors (Lipinski definition) is 4. The Morgan fingerprint density at radius 2 is 1.74 bits per heavy atom. The van der Waals surface area contributed by atoms with Gasteiger partial charge in [-0.1, -0.05) is 23.7 Å². The molecule has 4 rings (SSSR count). The largest absolute Gasteiger partial charge is 0.506 e. The van der Waals surface area contributed by atoms with Crippen LogP contribution in [-0.4, -0.2) is 26.5 Å². The number of aromatic hydroxyl groups is 1. The van der Waals surface area contributed by atoms with E-state index in [-0.39, 0.29) is 17.3 Å². The number of fused-ring (bicyclic) bond motifs is 1. The Morgan fingerprint density at radius 1 is 1.00 bits per heavy atom. The molecule has 0 fully saturated rings. The van der Waals surface area contributed by atoms with Crippen LogP contribution in [0.25, 0.3) is 16.6 Å². The maximum Gasteiger partial charge on any atom is 0.371 e. The molecule has 2 aromatic heterocycles. The third-order valence-corrected chi connectivity index (χ3v) is 4.43. The van der Waals surface area contributed by atoms with Crippen molar-refractivity contribution in [2.24, 2.45) is 0 Å². The molecule has 2 aromatic carbocycles. The van der Waals surface area contributed by atoms with Crippen LogP contribution in [0.2, 0.25) is 5.02 Å². The van der Waals surface area contributed by atoms with Gasteiger partial charge in [0.2, 0.25) is 11.5 Å². The summed E-state index contributed by atoms with van der Waals surface area (Å²) in [5.74, 6) is -2.07. The zero-order valence-corrected chi connectivity index (χ0v) is 14.5. The summed E-state index contributed by atoms with van der Waals surface area (Å²) in [4.78, 5) is 23.9. The number of carboxylic acids is 1. The van der Waals surface area contributed by atoms with Gasteiger partial charge in [0, 0.05) is 16.0 Å². The Labute approximate surface area is 157 Å². The molecule has 2 heterocycles. The summed E-state index contributed by atoms with van der Waals surface area (Å²) in [6.45, 7) is 0. The molecule has 0 aliphatic rings. The number of ketones is 1. The van der Waals surface area contributed by atoms with Gasteiger partial charge in [-0.25, -0.2) is 4.79 Å². The molecule has 7 heteroatoms. The van der Waals surface area contributed by atoms with Crippen LogP contribution in [0.3, 0.4) is 0 Å². The fourth-order valence-electron chi connectivity index (χ4n) is 2.96. The van der Waals surface area contributed by atoms with Gasteiger partial charge in [-0.15, -0.1) is 0 Å². The summed E-state index contributed by atoms with van der Waals surface area (Å²) >= 11 is 6.09. The Bertz CT molecular complexity index is 1200. The smallest absolute Gasteiger partial charge is 0.371 e. The number of carboxylic acid groups (broad SMARTS) is 1. The zero-order valence-electron chi connectivity index (χ0n) is 13.7. The number of aromatic nitrogens is 1. The number of para-hydroxylation sites is 1. The number of nitrogens with zero attached hydrogens (tertiary/aromatic N) is 1. The number of furan rings is 1. The average Bonchev–Trinajstić information content (AvgIpc) is 3.26. The lowest BCUT2D eigenvalue weighted by atomic mass is 10.1. The molecular formula is C20H12ClNO5. The van der Waals surface area contributed by atoms with E-state index in [1.807, 2.05) is 0 Å². The number of carbonyl (C=O) groups is 2. The summed E-state index contributed by atoms with van der Waals surface area (Å²) in [5, 5.41) is 20.3. The highest BCUT2D eigenvalue weighted by Gasteiger charge is 2.21. The van der Waals surface area contributed by atoms with E-state index in [4.69, 9.17) is 21.1 Å². The Hall–Kier alpha value is -3.51. The van der Waals surface area contributed by atoms with Crippen LogP contribution in [-0.2, 0) is 0 Å². The highest BCUT2D eigenvalue weighted by molar-refractivity contribution is 6.31. The number of benzene rings is 2. The fourth-order valence-corrected chi connectivity index (χ4v) is 3.13. The van der Waals surface area contributed by atoms with Gasteiger partial charge in [0.25, 0.3) is 0 Å². The first kappa shape index (κ1) is 16.9. The highest BCUT2D eigenvalue weighted by atomic mass is 35.5. The molecule has 0 bridgehead atoms. The molecule has 0 radical (unpaired) electrons. The molecule has 27 heavy (non-hydrogen) atoms. The standard InChI is InChI=1S/C20H12ClNO5/c21-11-5-6-12-15(9-11)22(10-16(12)23)14-4-2-1-3-13(14)19(24)17-7-8-18(27-17)20(25)26/h1-10,23H,(H,25,26). The van der Waals surface area contributed by atoms with Crippen LogP contribution in [0.1, 0.15) is 26.7 Å². The molecule has 134 valence electrons. The van der Waals surface area contributed by atoms with Crippen molar-refractivity contribution >= 4 is 34.3 Å². The van der Waals surface area contributed by atoms with Gasteiger partial charge in [-0.3, -0.25) is 4.79 Å². The second-order valence-corrected chi connectivity index (χ2v) is 6.30. The molecule has 0 spiro atoms. The quantitative estimate of drug-likeness (QED) is 0.507. The van der Waals surface area contributed by atoms with Crippen molar-refractivity contribution in [3.05, 3.63) is 82.9 Å². The summed E-state index contributed by atoms with van der Waals surface area (Å²) in [7, 11) is 0. The zero-order chi connectivity index (χ0) is 19.1. The topological polar surface area (TPSA) is 92.7 Å². The van der Waals surface area contributed by atoms with Crippen molar-refractivity contribution in [3.63, 3.8) is 0 Å². The lowest BCUT2D eigenvalue weighted by Crippen LogP contribution is -2.06. The lowest BCUT2D eigenvalue weighted by Gasteiger charge is -2.10. The third kappa shape index (κ3) is 2.86. The monoisotopic (exact) mass is 381 g/mol. The number of halogens is 1. The van der Waals surface area contributed by atoms with Gasteiger partial charge in [0.05, 0.1) is 17.4 Å². The van der Waals surface area contributed by atoms with Crippen LogP contribution in [0, 0.1) is 0 Å². The van der Waals surface area contributed by atoms with Gasteiger partial charge >= 0.3 is 5.97 Å². The molecule has 2 N–H and O–H groups in total. The fraction of sp³-hybridized carbons (Fsp3) is 0. The van der Waals surface area contributed by atoms with E-state index in [9.17, 15) is 14.7 Å². The summed E-state index contributed by atoms with van der Waals surface area (Å²) < 4.78 is 6.79. The van der Waals surface area contributed by atoms with E-state index in [1.165, 1.54) is 18.3 Å². The lowest BCUT2D eigenvalue weighted by molar-refractivity contribution is 0.0660. The minimum atomic E-state index is -1.25. The molecular weight excluding hydrogens is 370 g/mol. The molecule has 0 saturated heterocycles. The first-order valence-electron chi connectivity index (χ1n) is 7.92. The first-order valence-corrected chi connectivity index (χ1v) is 8.30. The van der Waals surface area contributed by atoms with Crippen LogP contribution in [0.4, 0.5) is 0 Å². The molecule has 0 unspecified atom stereocenters. The van der Waals surface area contributed by atoms with E-state index < -0.39 is 11.8 Å². The Morgan fingerprint density at radius 3 is 2.48 bits per heavy atom. The van der Waals surface area contributed by atoms with Gasteiger partial charge in [0.15, 0.2) is 5.76 Å². The predicted octanol–water partition coefficient (Wildman–Crippen LogP) is 4.51. The van der Waals surface area contributed by atoms with Gasteiger partial charge in [-0.2, -0.15) is 0 Å². The van der Waals surface area contributed by atoms with Crippen LogP contribution >= 0.6 is 11.6 Å². The van der Waals surface area contributed by atoms with E-state index in [1.54, 1.807) is 47.0 Å². The second-order valence-electron chi connectivity index (χ2n) is 5.86. The molecule has 0 saturated carbocycles. The SMILES string of the molecule is O=C(O)c1ccc(C(=O)c2ccccc2-n2cc(O)c3ccc(Cl)cc32)o1. The van der Waals surface area contributed by atoms with E-state index >= 15 is 0 Å². The third-order valence-electron chi connectivity index (χ3n) is 4.20. The Balaban J connectivity index is 1.88. The summed E-state index contributed by atoms with van der Waals surface area (Å²) in [6, 6.07) is 14.4. The number of aromatic carboxylic acids is 1. The molecule has 6 nitrogen and oxygen atoms in total. The summed E-state index contributed by atoms with van der Waals surface area (Å²) in [6.07, 6.45) is 1.50.